The molecule has 1 fully saturated rings. The van der Waals surface area contributed by atoms with Crippen LogP contribution in [0.15, 0.2) is 29.2 Å². The monoisotopic (exact) mass is 405 g/mol. The minimum Gasteiger partial charge on any atom is -0.382 e. The Bertz CT molecular complexity index is 671. The average Bonchev–Trinajstić information content (AvgIpc) is 2.67. The molecule has 0 aliphatic heterocycles. The van der Waals surface area contributed by atoms with E-state index in [0.717, 1.165) is 56.7 Å². The third kappa shape index (κ3) is 5.84. The zero-order valence-corrected chi connectivity index (χ0v) is 18.5. The summed E-state index contributed by atoms with van der Waals surface area (Å²) in [6, 6.07) is 7.36. The molecular weight excluding hydrogens is 370 g/mol. The van der Waals surface area contributed by atoms with Crippen molar-refractivity contribution in [3.05, 3.63) is 24.3 Å². The van der Waals surface area contributed by atoms with E-state index in [-0.39, 0.29) is 16.4 Å². The summed E-state index contributed by atoms with van der Waals surface area (Å²) in [5.41, 5.74) is -1.07. The standard InChI is InChI=1S/C23H35NO3S/c1-5-17(6-2)16-23(14-10-7-11-15-23)20(25)24-18-12-8-9-13-19(18)28-21(26)22(3,4)27/h8-9,12-13,17,27H,5-7,10-11,14-16H2,1-4H3,(H,24,25). The topological polar surface area (TPSA) is 66.4 Å². The number of benzene rings is 1. The third-order valence-corrected chi connectivity index (χ3v) is 7.22. The first kappa shape index (κ1) is 23.0. The van der Waals surface area contributed by atoms with Gasteiger partial charge in [0.2, 0.25) is 11.0 Å². The molecule has 0 heterocycles. The van der Waals surface area contributed by atoms with E-state index in [9.17, 15) is 14.7 Å². The third-order valence-electron chi connectivity index (χ3n) is 5.96. The van der Waals surface area contributed by atoms with Crippen LogP contribution in [0.4, 0.5) is 5.69 Å². The Morgan fingerprint density at radius 3 is 2.32 bits per heavy atom. The number of thioether (sulfide) groups is 1. The van der Waals surface area contributed by atoms with Crippen molar-refractivity contribution in [1.29, 1.82) is 0 Å². The van der Waals surface area contributed by atoms with E-state index in [1.165, 1.54) is 20.3 Å². The quantitative estimate of drug-likeness (QED) is 0.537. The predicted octanol–water partition coefficient (Wildman–Crippen LogP) is 5.79. The van der Waals surface area contributed by atoms with Gasteiger partial charge in [0.1, 0.15) is 5.60 Å². The first-order valence-electron chi connectivity index (χ1n) is 10.6. The number of hydrogen-bond donors (Lipinski definition) is 2. The summed E-state index contributed by atoms with van der Waals surface area (Å²) in [6.45, 7) is 7.37. The lowest BCUT2D eigenvalue weighted by atomic mass is 9.67. The molecular formula is C23H35NO3S. The predicted molar refractivity (Wildman–Crippen MR) is 116 cm³/mol. The van der Waals surface area contributed by atoms with Crippen LogP contribution in [0.3, 0.4) is 0 Å². The number of anilines is 1. The number of amides is 1. The molecule has 1 aromatic rings. The van der Waals surface area contributed by atoms with Crippen molar-refractivity contribution in [2.75, 3.05) is 5.32 Å². The van der Waals surface area contributed by atoms with Gasteiger partial charge in [-0.3, -0.25) is 9.59 Å². The van der Waals surface area contributed by atoms with Crippen molar-refractivity contribution in [3.8, 4) is 0 Å². The average molecular weight is 406 g/mol. The first-order valence-corrected chi connectivity index (χ1v) is 11.4. The molecule has 0 saturated heterocycles. The van der Waals surface area contributed by atoms with Crippen LogP contribution in [-0.4, -0.2) is 21.7 Å². The van der Waals surface area contributed by atoms with Gasteiger partial charge in [-0.15, -0.1) is 0 Å². The maximum atomic E-state index is 13.4. The van der Waals surface area contributed by atoms with E-state index in [4.69, 9.17) is 0 Å². The highest BCUT2D eigenvalue weighted by molar-refractivity contribution is 8.14. The summed E-state index contributed by atoms with van der Waals surface area (Å²) < 4.78 is 0. The van der Waals surface area contributed by atoms with Crippen LogP contribution in [0, 0.1) is 11.3 Å². The summed E-state index contributed by atoms with van der Waals surface area (Å²) in [7, 11) is 0. The smallest absolute Gasteiger partial charge is 0.230 e. The number of carbonyl (C=O) groups is 2. The molecule has 28 heavy (non-hydrogen) atoms. The zero-order valence-electron chi connectivity index (χ0n) is 17.7. The molecule has 156 valence electrons. The minimum atomic E-state index is -1.41. The number of hydrogen-bond acceptors (Lipinski definition) is 4. The van der Waals surface area contributed by atoms with Crippen molar-refractivity contribution in [1.82, 2.24) is 0 Å². The molecule has 1 saturated carbocycles. The lowest BCUT2D eigenvalue weighted by Gasteiger charge is -2.38. The van der Waals surface area contributed by atoms with E-state index in [1.54, 1.807) is 0 Å². The Hall–Kier alpha value is -1.33. The fraction of sp³-hybridized carbons (Fsp3) is 0.652. The number of rotatable bonds is 8. The molecule has 0 unspecified atom stereocenters. The number of para-hydroxylation sites is 1. The van der Waals surface area contributed by atoms with Crippen molar-refractivity contribution >= 4 is 28.5 Å². The van der Waals surface area contributed by atoms with Gasteiger partial charge < -0.3 is 10.4 Å². The molecule has 5 heteroatoms. The summed E-state index contributed by atoms with van der Waals surface area (Å²) >= 11 is 0.984. The van der Waals surface area contributed by atoms with Crippen molar-refractivity contribution < 1.29 is 14.7 Å². The fourth-order valence-electron chi connectivity index (χ4n) is 4.02. The molecule has 1 aromatic carbocycles. The largest absolute Gasteiger partial charge is 0.382 e. The summed E-state index contributed by atoms with van der Waals surface area (Å²) in [4.78, 5) is 26.4. The highest BCUT2D eigenvalue weighted by atomic mass is 32.2. The first-order chi connectivity index (χ1) is 13.2. The Labute approximate surface area is 173 Å². The lowest BCUT2D eigenvalue weighted by Crippen LogP contribution is -2.39. The van der Waals surface area contributed by atoms with Gasteiger partial charge in [0, 0.05) is 10.3 Å². The van der Waals surface area contributed by atoms with E-state index in [2.05, 4.69) is 19.2 Å². The molecule has 2 N–H and O–H groups in total. The second-order valence-electron chi connectivity index (χ2n) is 8.63. The van der Waals surface area contributed by atoms with Crippen LogP contribution in [0.5, 0.6) is 0 Å². The highest BCUT2D eigenvalue weighted by Gasteiger charge is 2.41. The molecule has 4 nitrogen and oxygen atoms in total. The van der Waals surface area contributed by atoms with Gasteiger partial charge >= 0.3 is 0 Å². The van der Waals surface area contributed by atoms with Crippen LogP contribution >= 0.6 is 11.8 Å². The second-order valence-corrected chi connectivity index (χ2v) is 9.64. The fourth-order valence-corrected chi connectivity index (χ4v) is 4.85. The summed E-state index contributed by atoms with van der Waals surface area (Å²) in [5.74, 6) is 0.646. The molecule has 0 bridgehead atoms. The maximum Gasteiger partial charge on any atom is 0.230 e. The molecule has 2 rings (SSSR count). The normalized spacial score (nSPS) is 16.8. The van der Waals surface area contributed by atoms with Gasteiger partial charge in [0.15, 0.2) is 0 Å². The molecule has 0 atom stereocenters. The molecule has 1 amide bonds. The van der Waals surface area contributed by atoms with Crippen molar-refractivity contribution in [3.63, 3.8) is 0 Å². The van der Waals surface area contributed by atoms with E-state index in [0.29, 0.717) is 16.5 Å². The van der Waals surface area contributed by atoms with Crippen LogP contribution in [0.1, 0.15) is 79.1 Å². The van der Waals surface area contributed by atoms with Gasteiger partial charge in [-0.2, -0.15) is 0 Å². The van der Waals surface area contributed by atoms with Crippen LogP contribution in [-0.2, 0) is 9.59 Å². The molecule has 0 aromatic heterocycles. The van der Waals surface area contributed by atoms with Crippen LogP contribution in [0.2, 0.25) is 0 Å². The summed E-state index contributed by atoms with van der Waals surface area (Å²) in [6.07, 6.45) is 8.40. The minimum absolute atomic E-state index is 0.0860. The number of aliphatic hydroxyl groups is 1. The Morgan fingerprint density at radius 2 is 1.75 bits per heavy atom. The Morgan fingerprint density at radius 1 is 1.14 bits per heavy atom. The van der Waals surface area contributed by atoms with Gasteiger partial charge in [-0.05, 0) is 62.9 Å². The highest BCUT2D eigenvalue weighted by Crippen LogP contribution is 2.44. The zero-order chi connectivity index (χ0) is 20.8. The van der Waals surface area contributed by atoms with Gasteiger partial charge in [0.05, 0.1) is 5.69 Å². The van der Waals surface area contributed by atoms with Crippen LogP contribution in [0.25, 0.3) is 0 Å². The molecule has 0 radical (unpaired) electrons. The molecule has 1 aliphatic rings. The summed E-state index contributed by atoms with van der Waals surface area (Å²) in [5, 5.41) is 12.8. The number of nitrogens with one attached hydrogen (secondary N) is 1. The SMILES string of the molecule is CCC(CC)CC1(C(=O)Nc2ccccc2SC(=O)C(C)(C)O)CCCCC1. The Balaban J connectivity index is 2.23. The van der Waals surface area contributed by atoms with Gasteiger partial charge in [0.25, 0.3) is 0 Å². The van der Waals surface area contributed by atoms with E-state index < -0.39 is 5.60 Å². The van der Waals surface area contributed by atoms with Gasteiger partial charge in [-0.25, -0.2) is 0 Å². The van der Waals surface area contributed by atoms with Crippen molar-refractivity contribution in [2.45, 2.75) is 89.6 Å². The van der Waals surface area contributed by atoms with E-state index in [1.807, 2.05) is 24.3 Å². The molecule has 1 aliphatic carbocycles. The maximum absolute atomic E-state index is 13.4. The van der Waals surface area contributed by atoms with E-state index >= 15 is 0 Å². The van der Waals surface area contributed by atoms with Gasteiger partial charge in [-0.1, -0.05) is 58.1 Å². The number of carbonyl (C=O) groups excluding carboxylic acids is 2. The Kier molecular flexibility index (Phi) is 8.14. The molecule has 0 spiro atoms. The van der Waals surface area contributed by atoms with Crippen molar-refractivity contribution in [2.24, 2.45) is 11.3 Å². The second kappa shape index (κ2) is 9.93. The lowest BCUT2D eigenvalue weighted by molar-refractivity contribution is -0.128. The van der Waals surface area contributed by atoms with Crippen LogP contribution < -0.4 is 5.32 Å².